The molecule has 118 valence electrons. The first-order chi connectivity index (χ1) is 10.0. The highest BCUT2D eigenvalue weighted by Crippen LogP contribution is 2.18. The van der Waals surface area contributed by atoms with Crippen LogP contribution in [0.15, 0.2) is 24.3 Å². The second-order valence-corrected chi connectivity index (χ2v) is 5.70. The van der Waals surface area contributed by atoms with E-state index in [-0.39, 0.29) is 11.9 Å². The molecule has 0 aliphatic heterocycles. The number of hydrogen-bond donors (Lipinski definition) is 2. The van der Waals surface area contributed by atoms with E-state index >= 15 is 0 Å². The molecule has 1 atom stereocenters. The molecule has 1 rings (SSSR count). The highest BCUT2D eigenvalue weighted by molar-refractivity contribution is 5.76. The predicted octanol–water partition coefficient (Wildman–Crippen LogP) is 2.52. The van der Waals surface area contributed by atoms with Crippen molar-refractivity contribution in [2.45, 2.75) is 52.1 Å². The number of nitrogens with one attached hydrogen (secondary N) is 2. The van der Waals surface area contributed by atoms with E-state index in [2.05, 4.69) is 24.5 Å². The number of para-hydroxylation sites is 1. The number of ether oxygens (including phenoxy) is 1. The van der Waals surface area contributed by atoms with Crippen molar-refractivity contribution >= 4 is 5.91 Å². The third-order valence-electron chi connectivity index (χ3n) is 3.26. The number of rotatable bonds is 9. The van der Waals surface area contributed by atoms with Crippen LogP contribution in [0.4, 0.5) is 0 Å². The van der Waals surface area contributed by atoms with Gasteiger partial charge in [-0.05, 0) is 37.9 Å². The van der Waals surface area contributed by atoms with Gasteiger partial charge in [-0.15, -0.1) is 0 Å². The molecule has 1 amide bonds. The normalized spacial score (nSPS) is 12.2. The van der Waals surface area contributed by atoms with E-state index in [0.717, 1.165) is 30.7 Å². The Bertz CT molecular complexity index is 433. The Balaban J connectivity index is 2.32. The van der Waals surface area contributed by atoms with Crippen LogP contribution in [0.3, 0.4) is 0 Å². The van der Waals surface area contributed by atoms with Gasteiger partial charge in [0.05, 0.1) is 7.11 Å². The standard InChI is InChI=1S/C17H28N2O2/c1-13(2)18-11-7-10-17(20)19-14(3)12-15-8-5-6-9-16(15)21-4/h5-6,8-9,13-14,18H,7,10-12H2,1-4H3,(H,19,20). The number of carbonyl (C=O) groups excluding carboxylic acids is 1. The quantitative estimate of drug-likeness (QED) is 0.688. The predicted molar refractivity (Wildman–Crippen MR) is 86.7 cm³/mol. The fourth-order valence-corrected chi connectivity index (χ4v) is 2.24. The summed E-state index contributed by atoms with van der Waals surface area (Å²) < 4.78 is 5.33. The zero-order valence-corrected chi connectivity index (χ0v) is 13.6. The Kier molecular flexibility index (Phi) is 7.83. The first kappa shape index (κ1) is 17.5. The summed E-state index contributed by atoms with van der Waals surface area (Å²) in [5.74, 6) is 0.989. The minimum absolute atomic E-state index is 0.104. The van der Waals surface area contributed by atoms with Crippen molar-refractivity contribution in [3.8, 4) is 5.75 Å². The maximum atomic E-state index is 11.9. The smallest absolute Gasteiger partial charge is 0.220 e. The van der Waals surface area contributed by atoms with Gasteiger partial charge < -0.3 is 15.4 Å². The molecular weight excluding hydrogens is 264 g/mol. The largest absolute Gasteiger partial charge is 0.496 e. The van der Waals surface area contributed by atoms with Crippen LogP contribution in [-0.2, 0) is 11.2 Å². The molecule has 1 aromatic rings. The zero-order chi connectivity index (χ0) is 15.7. The lowest BCUT2D eigenvalue weighted by Crippen LogP contribution is -2.34. The molecule has 0 aliphatic rings. The molecule has 0 fully saturated rings. The molecule has 0 saturated carbocycles. The molecule has 1 aromatic carbocycles. The van der Waals surface area contributed by atoms with Crippen molar-refractivity contribution in [2.24, 2.45) is 0 Å². The fourth-order valence-electron chi connectivity index (χ4n) is 2.24. The number of amides is 1. The SMILES string of the molecule is COc1ccccc1CC(C)NC(=O)CCCNC(C)C. The molecule has 0 heterocycles. The highest BCUT2D eigenvalue weighted by atomic mass is 16.5. The molecular formula is C17H28N2O2. The van der Waals surface area contributed by atoms with Crippen molar-refractivity contribution in [1.82, 2.24) is 10.6 Å². The van der Waals surface area contributed by atoms with E-state index < -0.39 is 0 Å². The van der Waals surface area contributed by atoms with Gasteiger partial charge in [0.2, 0.25) is 5.91 Å². The number of hydrogen-bond acceptors (Lipinski definition) is 3. The van der Waals surface area contributed by atoms with Crippen LogP contribution >= 0.6 is 0 Å². The van der Waals surface area contributed by atoms with Crippen molar-refractivity contribution in [3.63, 3.8) is 0 Å². The van der Waals surface area contributed by atoms with Gasteiger partial charge in [-0.1, -0.05) is 32.0 Å². The monoisotopic (exact) mass is 292 g/mol. The summed E-state index contributed by atoms with van der Waals surface area (Å²) in [4.78, 5) is 11.9. The van der Waals surface area contributed by atoms with Crippen LogP contribution < -0.4 is 15.4 Å². The van der Waals surface area contributed by atoms with Gasteiger partial charge in [0, 0.05) is 18.5 Å². The summed E-state index contributed by atoms with van der Waals surface area (Å²) in [6.07, 6.45) is 2.21. The third-order valence-corrected chi connectivity index (χ3v) is 3.26. The summed E-state index contributed by atoms with van der Waals surface area (Å²) >= 11 is 0. The second-order valence-electron chi connectivity index (χ2n) is 5.70. The zero-order valence-electron chi connectivity index (χ0n) is 13.6. The Morgan fingerprint density at radius 2 is 1.95 bits per heavy atom. The van der Waals surface area contributed by atoms with Crippen LogP contribution in [0.5, 0.6) is 5.75 Å². The molecule has 0 radical (unpaired) electrons. The van der Waals surface area contributed by atoms with Gasteiger partial charge in [0.25, 0.3) is 0 Å². The summed E-state index contributed by atoms with van der Waals surface area (Å²) in [6, 6.07) is 8.50. The van der Waals surface area contributed by atoms with Crippen molar-refractivity contribution in [3.05, 3.63) is 29.8 Å². The van der Waals surface area contributed by atoms with E-state index in [4.69, 9.17) is 4.74 Å². The minimum Gasteiger partial charge on any atom is -0.496 e. The first-order valence-electron chi connectivity index (χ1n) is 7.67. The van der Waals surface area contributed by atoms with Gasteiger partial charge in [-0.2, -0.15) is 0 Å². The van der Waals surface area contributed by atoms with Crippen LogP contribution in [0.2, 0.25) is 0 Å². The lowest BCUT2D eigenvalue weighted by Gasteiger charge is -2.16. The lowest BCUT2D eigenvalue weighted by molar-refractivity contribution is -0.121. The van der Waals surface area contributed by atoms with Crippen molar-refractivity contribution in [2.75, 3.05) is 13.7 Å². The van der Waals surface area contributed by atoms with Gasteiger partial charge in [0.15, 0.2) is 0 Å². The fraction of sp³-hybridized carbons (Fsp3) is 0.588. The molecule has 4 heteroatoms. The van der Waals surface area contributed by atoms with Crippen LogP contribution in [0.1, 0.15) is 39.2 Å². The minimum atomic E-state index is 0.104. The average Bonchev–Trinajstić information content (AvgIpc) is 2.44. The van der Waals surface area contributed by atoms with Gasteiger partial charge in [0.1, 0.15) is 5.75 Å². The Hall–Kier alpha value is -1.55. The molecule has 0 aromatic heterocycles. The van der Waals surface area contributed by atoms with Crippen LogP contribution in [0.25, 0.3) is 0 Å². The molecule has 21 heavy (non-hydrogen) atoms. The van der Waals surface area contributed by atoms with Crippen molar-refractivity contribution < 1.29 is 9.53 Å². The maximum Gasteiger partial charge on any atom is 0.220 e. The van der Waals surface area contributed by atoms with E-state index in [0.29, 0.717) is 12.5 Å². The van der Waals surface area contributed by atoms with E-state index in [1.54, 1.807) is 7.11 Å². The molecule has 1 unspecified atom stereocenters. The molecule has 0 spiro atoms. The Morgan fingerprint density at radius 1 is 1.24 bits per heavy atom. The van der Waals surface area contributed by atoms with E-state index in [1.165, 1.54) is 0 Å². The number of benzene rings is 1. The highest BCUT2D eigenvalue weighted by Gasteiger charge is 2.10. The van der Waals surface area contributed by atoms with Crippen molar-refractivity contribution in [1.29, 1.82) is 0 Å². The molecule has 0 bridgehead atoms. The molecule has 0 aliphatic carbocycles. The average molecular weight is 292 g/mol. The summed E-state index contributed by atoms with van der Waals surface area (Å²) in [5, 5.41) is 6.36. The lowest BCUT2D eigenvalue weighted by atomic mass is 10.1. The van der Waals surface area contributed by atoms with E-state index in [1.807, 2.05) is 31.2 Å². The van der Waals surface area contributed by atoms with Crippen LogP contribution in [-0.4, -0.2) is 31.6 Å². The third kappa shape index (κ3) is 7.14. The molecule has 2 N–H and O–H groups in total. The number of methoxy groups -OCH3 is 1. The van der Waals surface area contributed by atoms with Crippen LogP contribution in [0, 0.1) is 0 Å². The van der Waals surface area contributed by atoms with E-state index in [9.17, 15) is 4.79 Å². The number of carbonyl (C=O) groups is 1. The topological polar surface area (TPSA) is 50.4 Å². The Labute approximate surface area is 128 Å². The Morgan fingerprint density at radius 3 is 2.62 bits per heavy atom. The molecule has 4 nitrogen and oxygen atoms in total. The van der Waals surface area contributed by atoms with Gasteiger partial charge in [-0.25, -0.2) is 0 Å². The maximum absolute atomic E-state index is 11.9. The summed E-state index contributed by atoms with van der Waals surface area (Å²) in [6.45, 7) is 7.12. The summed E-state index contributed by atoms with van der Waals surface area (Å²) in [5.41, 5.74) is 1.12. The summed E-state index contributed by atoms with van der Waals surface area (Å²) in [7, 11) is 1.67. The first-order valence-corrected chi connectivity index (χ1v) is 7.67. The molecule has 0 saturated heterocycles. The second kappa shape index (κ2) is 9.40. The van der Waals surface area contributed by atoms with Gasteiger partial charge in [-0.3, -0.25) is 4.79 Å². The van der Waals surface area contributed by atoms with Gasteiger partial charge >= 0.3 is 0 Å².